The van der Waals surface area contributed by atoms with Gasteiger partial charge in [0.1, 0.15) is 0 Å². The molecule has 3 heteroatoms. The van der Waals surface area contributed by atoms with Crippen LogP contribution in [0.4, 0.5) is 0 Å². The normalized spacial score (nSPS) is 10.2. The van der Waals surface area contributed by atoms with Gasteiger partial charge in [0.05, 0.1) is 12.2 Å². The van der Waals surface area contributed by atoms with E-state index >= 15 is 0 Å². The predicted octanol–water partition coefficient (Wildman–Crippen LogP) is 3.04. The summed E-state index contributed by atoms with van der Waals surface area (Å²) in [6.07, 6.45) is 3.69. The molecule has 102 valence electrons. The highest BCUT2D eigenvalue weighted by atomic mass is 16.5. The summed E-state index contributed by atoms with van der Waals surface area (Å²) in [5, 5.41) is 0. The standard InChI is InChI=1S/C16H21NO2/c1-4-11-17(12-5-2)13-14-9-7-8-10-15(14)16(18)19-6-3/h4-5,7-10H,1-2,6,11-13H2,3H3. The monoisotopic (exact) mass is 259 g/mol. The minimum absolute atomic E-state index is 0.268. The van der Waals surface area contributed by atoms with Crippen LogP contribution in [-0.4, -0.2) is 30.6 Å². The summed E-state index contributed by atoms with van der Waals surface area (Å²) in [7, 11) is 0. The molecule has 0 unspecified atom stereocenters. The van der Waals surface area contributed by atoms with E-state index in [9.17, 15) is 4.79 Å². The van der Waals surface area contributed by atoms with Crippen molar-refractivity contribution in [2.75, 3.05) is 19.7 Å². The zero-order valence-electron chi connectivity index (χ0n) is 11.5. The molecule has 3 nitrogen and oxygen atoms in total. The molecule has 0 aliphatic carbocycles. The van der Waals surface area contributed by atoms with E-state index in [1.54, 1.807) is 6.07 Å². The largest absolute Gasteiger partial charge is 0.462 e. The third-order valence-corrected chi connectivity index (χ3v) is 2.68. The van der Waals surface area contributed by atoms with Gasteiger partial charge in [-0.15, -0.1) is 13.2 Å². The Hall–Kier alpha value is -1.87. The van der Waals surface area contributed by atoms with E-state index in [1.807, 2.05) is 37.3 Å². The van der Waals surface area contributed by atoms with Crippen molar-refractivity contribution in [1.29, 1.82) is 0 Å². The minimum Gasteiger partial charge on any atom is -0.462 e. The Morgan fingerprint density at radius 1 is 1.26 bits per heavy atom. The van der Waals surface area contributed by atoms with Crippen LogP contribution in [0.25, 0.3) is 0 Å². The third kappa shape index (κ3) is 4.72. The van der Waals surface area contributed by atoms with E-state index in [1.165, 1.54) is 0 Å². The summed E-state index contributed by atoms with van der Waals surface area (Å²) in [5.74, 6) is -0.268. The first-order valence-electron chi connectivity index (χ1n) is 6.42. The molecule has 0 bridgehead atoms. The first-order chi connectivity index (χ1) is 9.22. The summed E-state index contributed by atoms with van der Waals surface area (Å²) in [5.41, 5.74) is 1.59. The van der Waals surface area contributed by atoms with Crippen LogP contribution < -0.4 is 0 Å². The maximum absolute atomic E-state index is 11.9. The molecule has 0 saturated carbocycles. The van der Waals surface area contributed by atoms with Crippen molar-refractivity contribution in [1.82, 2.24) is 4.90 Å². The summed E-state index contributed by atoms with van der Waals surface area (Å²) >= 11 is 0. The van der Waals surface area contributed by atoms with E-state index in [4.69, 9.17) is 4.74 Å². The van der Waals surface area contributed by atoms with Crippen molar-refractivity contribution in [3.63, 3.8) is 0 Å². The molecule has 0 aliphatic heterocycles. The molecule has 0 heterocycles. The Balaban J connectivity index is 2.89. The lowest BCUT2D eigenvalue weighted by molar-refractivity contribution is 0.0524. The quantitative estimate of drug-likeness (QED) is 0.531. The number of benzene rings is 1. The van der Waals surface area contributed by atoms with E-state index in [-0.39, 0.29) is 5.97 Å². The van der Waals surface area contributed by atoms with Gasteiger partial charge in [0.25, 0.3) is 0 Å². The lowest BCUT2D eigenvalue weighted by Gasteiger charge is -2.20. The molecule has 0 aromatic heterocycles. The number of hydrogen-bond donors (Lipinski definition) is 0. The second kappa shape index (κ2) is 8.27. The Bertz CT molecular complexity index is 430. The first kappa shape index (κ1) is 15.2. The number of rotatable bonds is 8. The molecule has 0 N–H and O–H groups in total. The van der Waals surface area contributed by atoms with Gasteiger partial charge in [-0.25, -0.2) is 4.79 Å². The molecule has 0 amide bonds. The molecule has 0 fully saturated rings. The molecular weight excluding hydrogens is 238 g/mol. The van der Waals surface area contributed by atoms with Crippen LogP contribution in [0.1, 0.15) is 22.8 Å². The second-order valence-electron chi connectivity index (χ2n) is 4.15. The Labute approximate surface area is 115 Å². The Kier molecular flexibility index (Phi) is 6.61. The zero-order valence-corrected chi connectivity index (χ0v) is 11.5. The second-order valence-corrected chi connectivity index (χ2v) is 4.15. The van der Waals surface area contributed by atoms with Gasteiger partial charge >= 0.3 is 5.97 Å². The van der Waals surface area contributed by atoms with Gasteiger partial charge in [0, 0.05) is 19.6 Å². The third-order valence-electron chi connectivity index (χ3n) is 2.68. The maximum Gasteiger partial charge on any atom is 0.338 e. The molecular formula is C16H21NO2. The van der Waals surface area contributed by atoms with Crippen LogP contribution in [0.15, 0.2) is 49.6 Å². The lowest BCUT2D eigenvalue weighted by Crippen LogP contribution is -2.24. The summed E-state index contributed by atoms with van der Waals surface area (Å²) in [6.45, 7) is 11.9. The van der Waals surface area contributed by atoms with Gasteiger partial charge < -0.3 is 4.74 Å². The average Bonchev–Trinajstić information content (AvgIpc) is 2.40. The highest BCUT2D eigenvalue weighted by Gasteiger charge is 2.13. The average molecular weight is 259 g/mol. The van der Waals surface area contributed by atoms with Crippen LogP contribution in [0.3, 0.4) is 0 Å². The number of carbonyl (C=O) groups excluding carboxylic acids is 1. The fourth-order valence-electron chi connectivity index (χ4n) is 1.88. The zero-order chi connectivity index (χ0) is 14.1. The number of nitrogens with zero attached hydrogens (tertiary/aromatic N) is 1. The van der Waals surface area contributed by atoms with Crippen molar-refractivity contribution in [2.45, 2.75) is 13.5 Å². The Morgan fingerprint density at radius 3 is 2.47 bits per heavy atom. The van der Waals surface area contributed by atoms with Gasteiger partial charge in [0.15, 0.2) is 0 Å². The van der Waals surface area contributed by atoms with Crippen molar-refractivity contribution in [3.8, 4) is 0 Å². The van der Waals surface area contributed by atoms with Crippen LogP contribution in [0, 0.1) is 0 Å². The fourth-order valence-corrected chi connectivity index (χ4v) is 1.88. The molecule has 1 rings (SSSR count). The minimum atomic E-state index is -0.268. The molecule has 1 aromatic rings. The molecule has 0 radical (unpaired) electrons. The van der Waals surface area contributed by atoms with E-state index in [2.05, 4.69) is 18.1 Å². The molecule has 0 spiro atoms. The van der Waals surface area contributed by atoms with E-state index in [0.29, 0.717) is 18.7 Å². The van der Waals surface area contributed by atoms with Crippen molar-refractivity contribution >= 4 is 5.97 Å². The van der Waals surface area contributed by atoms with Gasteiger partial charge in [-0.1, -0.05) is 30.4 Å². The van der Waals surface area contributed by atoms with Crippen molar-refractivity contribution < 1.29 is 9.53 Å². The SMILES string of the molecule is C=CCN(CC=C)Cc1ccccc1C(=O)OCC. The van der Waals surface area contributed by atoms with Gasteiger partial charge in [-0.2, -0.15) is 0 Å². The molecule has 1 aromatic carbocycles. The molecule has 0 aliphatic rings. The topological polar surface area (TPSA) is 29.5 Å². The van der Waals surface area contributed by atoms with E-state index < -0.39 is 0 Å². The highest BCUT2D eigenvalue weighted by molar-refractivity contribution is 5.91. The van der Waals surface area contributed by atoms with Crippen molar-refractivity contribution in [3.05, 3.63) is 60.7 Å². The van der Waals surface area contributed by atoms with Crippen LogP contribution in [-0.2, 0) is 11.3 Å². The molecule has 0 saturated heterocycles. The van der Waals surface area contributed by atoms with Crippen LogP contribution in [0.2, 0.25) is 0 Å². The lowest BCUT2D eigenvalue weighted by atomic mass is 10.1. The van der Waals surface area contributed by atoms with Gasteiger partial charge in [-0.3, -0.25) is 4.90 Å². The fraction of sp³-hybridized carbons (Fsp3) is 0.312. The number of ether oxygens (including phenoxy) is 1. The highest BCUT2D eigenvalue weighted by Crippen LogP contribution is 2.13. The predicted molar refractivity (Wildman–Crippen MR) is 78.1 cm³/mol. The number of hydrogen-bond acceptors (Lipinski definition) is 3. The smallest absolute Gasteiger partial charge is 0.338 e. The number of esters is 1. The molecule has 19 heavy (non-hydrogen) atoms. The Morgan fingerprint density at radius 2 is 1.89 bits per heavy atom. The van der Waals surface area contributed by atoms with Crippen LogP contribution >= 0.6 is 0 Å². The first-order valence-corrected chi connectivity index (χ1v) is 6.42. The van der Waals surface area contributed by atoms with Crippen LogP contribution in [0.5, 0.6) is 0 Å². The molecule has 0 atom stereocenters. The maximum atomic E-state index is 11.9. The van der Waals surface area contributed by atoms with E-state index in [0.717, 1.165) is 18.7 Å². The summed E-state index contributed by atoms with van der Waals surface area (Å²) < 4.78 is 5.07. The summed E-state index contributed by atoms with van der Waals surface area (Å²) in [4.78, 5) is 14.0. The van der Waals surface area contributed by atoms with Crippen molar-refractivity contribution in [2.24, 2.45) is 0 Å². The number of carbonyl (C=O) groups is 1. The van der Waals surface area contributed by atoms with Gasteiger partial charge in [0.2, 0.25) is 0 Å². The summed E-state index contributed by atoms with van der Waals surface area (Å²) in [6, 6.07) is 7.53. The van der Waals surface area contributed by atoms with Gasteiger partial charge in [-0.05, 0) is 18.6 Å².